The summed E-state index contributed by atoms with van der Waals surface area (Å²) >= 11 is 0. The normalized spacial score (nSPS) is 18.5. The molecule has 7 nitrogen and oxygen atoms in total. The van der Waals surface area contributed by atoms with Gasteiger partial charge >= 0.3 is 6.09 Å². The first-order chi connectivity index (χ1) is 18.8. The summed E-state index contributed by atoms with van der Waals surface area (Å²) in [6.45, 7) is 6.87. The monoisotopic (exact) mass is 528 g/mol. The van der Waals surface area contributed by atoms with E-state index in [-0.39, 0.29) is 11.9 Å². The van der Waals surface area contributed by atoms with Crippen LogP contribution in [-0.2, 0) is 29.2 Å². The van der Waals surface area contributed by atoms with E-state index in [9.17, 15) is 9.59 Å². The van der Waals surface area contributed by atoms with Gasteiger partial charge in [-0.1, -0.05) is 60.7 Å². The number of alkyl carbamates (subject to hydrolysis) is 1. The molecule has 0 aliphatic carbocycles. The van der Waals surface area contributed by atoms with Crippen molar-refractivity contribution in [3.63, 3.8) is 0 Å². The average Bonchev–Trinajstić information content (AvgIpc) is 2.92. The van der Waals surface area contributed by atoms with E-state index in [4.69, 9.17) is 14.2 Å². The molecule has 1 N–H and O–H groups in total. The second kappa shape index (κ2) is 11.4. The van der Waals surface area contributed by atoms with Crippen LogP contribution in [0, 0.1) is 0 Å². The maximum atomic E-state index is 13.5. The molecule has 2 aliphatic rings. The van der Waals surface area contributed by atoms with Gasteiger partial charge in [0.05, 0.1) is 6.04 Å². The fraction of sp³-hybridized carbons (Fsp3) is 0.375. The largest absolute Gasteiger partial charge is 0.489 e. The van der Waals surface area contributed by atoms with Gasteiger partial charge in [-0.15, -0.1) is 0 Å². The van der Waals surface area contributed by atoms with Gasteiger partial charge in [0.15, 0.2) is 0 Å². The highest BCUT2D eigenvalue weighted by Crippen LogP contribution is 2.44. The number of rotatable bonds is 7. The molecule has 3 aromatic rings. The third-order valence-corrected chi connectivity index (χ3v) is 7.02. The Hall–Kier alpha value is -4.00. The lowest BCUT2D eigenvalue weighted by Gasteiger charge is -2.44. The molecule has 5 rings (SSSR count). The lowest BCUT2D eigenvalue weighted by molar-refractivity contribution is -0.140. The SMILES string of the molecule is CC(C)(C)OC(=O)N[C@H]1CC[C@H]2c3c(cc(OCc4ccccc4)cc3OCc3ccccc3)CCN2C1=O. The molecule has 1 saturated heterocycles. The van der Waals surface area contributed by atoms with E-state index in [1.807, 2.05) is 92.4 Å². The fourth-order valence-corrected chi connectivity index (χ4v) is 5.27. The van der Waals surface area contributed by atoms with Crippen molar-refractivity contribution in [2.75, 3.05) is 6.54 Å². The molecule has 0 saturated carbocycles. The Labute approximate surface area is 230 Å². The molecule has 39 heavy (non-hydrogen) atoms. The Morgan fingerprint density at radius 1 is 0.923 bits per heavy atom. The third-order valence-electron chi connectivity index (χ3n) is 7.02. The van der Waals surface area contributed by atoms with Crippen LogP contribution in [-0.4, -0.2) is 35.1 Å². The number of amides is 2. The third kappa shape index (κ3) is 6.53. The van der Waals surface area contributed by atoms with Gasteiger partial charge in [-0.2, -0.15) is 0 Å². The molecule has 7 heteroatoms. The first kappa shape index (κ1) is 26.6. The number of nitrogens with zero attached hydrogens (tertiary/aromatic N) is 1. The smallest absolute Gasteiger partial charge is 0.408 e. The molecule has 3 aromatic carbocycles. The predicted octanol–water partition coefficient (Wildman–Crippen LogP) is 5.96. The Morgan fingerprint density at radius 3 is 2.21 bits per heavy atom. The topological polar surface area (TPSA) is 77.1 Å². The summed E-state index contributed by atoms with van der Waals surface area (Å²) in [4.78, 5) is 27.7. The van der Waals surface area contributed by atoms with Crippen molar-refractivity contribution in [3.8, 4) is 11.5 Å². The minimum atomic E-state index is -0.625. The van der Waals surface area contributed by atoms with Gasteiger partial charge < -0.3 is 24.4 Å². The van der Waals surface area contributed by atoms with Gasteiger partial charge in [0, 0.05) is 18.2 Å². The van der Waals surface area contributed by atoms with Crippen LogP contribution in [0.2, 0.25) is 0 Å². The molecule has 0 bridgehead atoms. The van der Waals surface area contributed by atoms with Crippen molar-refractivity contribution in [1.82, 2.24) is 10.2 Å². The molecule has 2 aliphatic heterocycles. The van der Waals surface area contributed by atoms with Crippen molar-refractivity contribution in [2.24, 2.45) is 0 Å². The van der Waals surface area contributed by atoms with Crippen LogP contribution in [0.4, 0.5) is 4.79 Å². The number of carbonyl (C=O) groups excluding carboxylic acids is 2. The van der Waals surface area contributed by atoms with Crippen LogP contribution in [0.25, 0.3) is 0 Å². The van der Waals surface area contributed by atoms with Crippen LogP contribution in [0.1, 0.15) is 61.9 Å². The highest BCUT2D eigenvalue weighted by Gasteiger charge is 2.41. The van der Waals surface area contributed by atoms with Crippen LogP contribution in [0.15, 0.2) is 72.8 Å². The summed E-state index contributed by atoms with van der Waals surface area (Å²) < 4.78 is 18.0. The molecule has 0 radical (unpaired) electrons. The van der Waals surface area contributed by atoms with Crippen molar-refractivity contribution >= 4 is 12.0 Å². The van der Waals surface area contributed by atoms with Crippen molar-refractivity contribution in [1.29, 1.82) is 0 Å². The molecular weight excluding hydrogens is 492 g/mol. The van der Waals surface area contributed by atoms with Crippen LogP contribution in [0.5, 0.6) is 11.5 Å². The van der Waals surface area contributed by atoms with Gasteiger partial charge in [0.1, 0.15) is 36.4 Å². The van der Waals surface area contributed by atoms with E-state index in [1.54, 1.807) is 0 Å². The minimum absolute atomic E-state index is 0.0822. The molecule has 2 atom stereocenters. The summed E-state index contributed by atoms with van der Waals surface area (Å²) in [5, 5.41) is 2.78. The molecule has 204 valence electrons. The zero-order chi connectivity index (χ0) is 27.4. The Bertz CT molecular complexity index is 1300. The summed E-state index contributed by atoms with van der Waals surface area (Å²) in [6.07, 6.45) is 1.36. The maximum Gasteiger partial charge on any atom is 0.408 e. The highest BCUT2D eigenvalue weighted by atomic mass is 16.6. The second-order valence-corrected chi connectivity index (χ2v) is 11.1. The van der Waals surface area contributed by atoms with Crippen LogP contribution >= 0.6 is 0 Å². The lowest BCUT2D eigenvalue weighted by atomic mass is 9.84. The molecule has 2 heterocycles. The number of ether oxygens (including phenoxy) is 3. The molecule has 2 amide bonds. The second-order valence-electron chi connectivity index (χ2n) is 11.1. The molecule has 0 spiro atoms. The first-order valence-corrected chi connectivity index (χ1v) is 13.6. The molecule has 0 aromatic heterocycles. The molecule has 0 unspecified atom stereocenters. The average molecular weight is 529 g/mol. The number of benzene rings is 3. The maximum absolute atomic E-state index is 13.5. The summed E-state index contributed by atoms with van der Waals surface area (Å²) in [5.41, 5.74) is 3.70. The number of hydrogen-bond donors (Lipinski definition) is 1. The van der Waals surface area contributed by atoms with Gasteiger partial charge in [-0.3, -0.25) is 4.79 Å². The zero-order valence-corrected chi connectivity index (χ0v) is 22.8. The summed E-state index contributed by atoms with van der Waals surface area (Å²) in [6, 6.07) is 23.4. The van der Waals surface area contributed by atoms with Gasteiger partial charge in [0.25, 0.3) is 0 Å². The minimum Gasteiger partial charge on any atom is -0.489 e. The van der Waals surface area contributed by atoms with Crippen molar-refractivity contribution in [2.45, 2.75) is 70.9 Å². The van der Waals surface area contributed by atoms with E-state index < -0.39 is 17.7 Å². The predicted molar refractivity (Wildman–Crippen MR) is 149 cm³/mol. The Balaban J connectivity index is 1.38. The summed E-state index contributed by atoms with van der Waals surface area (Å²) in [5.74, 6) is 1.40. The number of fused-ring (bicyclic) bond motifs is 3. The molecular formula is C32H36N2O5. The van der Waals surface area contributed by atoms with E-state index >= 15 is 0 Å². The number of hydrogen-bond acceptors (Lipinski definition) is 5. The van der Waals surface area contributed by atoms with Crippen molar-refractivity contribution < 1.29 is 23.8 Å². The fourth-order valence-electron chi connectivity index (χ4n) is 5.27. The van der Waals surface area contributed by atoms with Gasteiger partial charge in [-0.05, 0) is 62.8 Å². The zero-order valence-electron chi connectivity index (χ0n) is 22.8. The van der Waals surface area contributed by atoms with E-state index in [0.717, 1.165) is 33.8 Å². The van der Waals surface area contributed by atoms with Gasteiger partial charge in [-0.25, -0.2) is 4.79 Å². The highest BCUT2D eigenvalue weighted by molar-refractivity contribution is 5.87. The number of carbonyl (C=O) groups is 2. The van der Waals surface area contributed by atoms with Crippen LogP contribution in [0.3, 0.4) is 0 Å². The van der Waals surface area contributed by atoms with E-state index in [1.165, 1.54) is 0 Å². The van der Waals surface area contributed by atoms with Gasteiger partial charge in [0.2, 0.25) is 5.91 Å². The van der Waals surface area contributed by atoms with Crippen LogP contribution < -0.4 is 14.8 Å². The first-order valence-electron chi connectivity index (χ1n) is 13.6. The van der Waals surface area contributed by atoms with E-state index in [0.29, 0.717) is 39.0 Å². The Morgan fingerprint density at radius 2 is 1.56 bits per heavy atom. The number of nitrogens with one attached hydrogen (secondary N) is 1. The Kier molecular flexibility index (Phi) is 7.77. The van der Waals surface area contributed by atoms with Crippen molar-refractivity contribution in [3.05, 3.63) is 95.1 Å². The van der Waals surface area contributed by atoms with E-state index in [2.05, 4.69) is 11.4 Å². The summed E-state index contributed by atoms with van der Waals surface area (Å²) in [7, 11) is 0. The number of piperidine rings is 1. The molecule has 1 fully saturated rings. The lowest BCUT2D eigenvalue weighted by Crippen LogP contribution is -2.55. The quantitative estimate of drug-likeness (QED) is 0.410. The standard InChI is InChI=1S/C32H36N2O5/c1-32(2,3)39-31(36)33-26-14-15-27-29-24(16-17-34(27)30(26)35)18-25(37-20-22-10-6-4-7-11-22)19-28(29)38-21-23-12-8-5-9-13-23/h4-13,18-19,26-27H,14-17,20-21H2,1-3H3,(H,33,36)/t26-,27-/m0/s1.